The molecule has 1 aromatic carbocycles. The maximum Gasteiger partial charge on any atom is 0.318 e. The molecule has 1 aromatic heterocycles. The molecule has 2 aromatic rings. The van der Waals surface area contributed by atoms with Gasteiger partial charge in [-0.05, 0) is 12.1 Å². The molecule has 1 fully saturated rings. The van der Waals surface area contributed by atoms with Gasteiger partial charge in [0.15, 0.2) is 5.82 Å². The second-order valence-electron chi connectivity index (χ2n) is 5.82. The minimum absolute atomic E-state index is 0.191. The molecule has 1 saturated heterocycles. The highest BCUT2D eigenvalue weighted by molar-refractivity contribution is 6.32. The summed E-state index contributed by atoms with van der Waals surface area (Å²) in [6, 6.07) is 6.37. The number of hydrogen-bond donors (Lipinski definition) is 1. The molecule has 0 aliphatic carbocycles. The molecule has 0 saturated carbocycles. The number of nitrogens with one attached hydrogen (secondary N) is 1. The van der Waals surface area contributed by atoms with Gasteiger partial charge >= 0.3 is 6.01 Å². The van der Waals surface area contributed by atoms with Crippen molar-refractivity contribution in [2.45, 2.75) is 0 Å². The van der Waals surface area contributed by atoms with E-state index in [1.807, 2.05) is 9.80 Å². The maximum atomic E-state index is 13.6. The Hall–Kier alpha value is -2.45. The average molecular weight is 380 g/mol. The number of nitrogens with zero attached hydrogens (tertiary/aromatic N) is 4. The van der Waals surface area contributed by atoms with Crippen LogP contribution < -0.4 is 15.0 Å². The van der Waals surface area contributed by atoms with Crippen LogP contribution in [0.25, 0.3) is 0 Å². The van der Waals surface area contributed by atoms with Crippen molar-refractivity contribution >= 4 is 29.0 Å². The molecule has 138 valence electrons. The first-order valence-electron chi connectivity index (χ1n) is 8.15. The van der Waals surface area contributed by atoms with E-state index in [2.05, 4.69) is 15.3 Å². The zero-order valence-corrected chi connectivity index (χ0v) is 15.0. The minimum Gasteiger partial charge on any atom is -0.467 e. The maximum absolute atomic E-state index is 13.6. The van der Waals surface area contributed by atoms with Crippen LogP contribution in [0.2, 0.25) is 5.02 Å². The van der Waals surface area contributed by atoms with Crippen molar-refractivity contribution in [2.24, 2.45) is 0 Å². The number of piperazine rings is 1. The van der Waals surface area contributed by atoms with Gasteiger partial charge < -0.3 is 15.0 Å². The number of para-hydroxylation sites is 1. The molecule has 1 N–H and O–H groups in total. The lowest BCUT2D eigenvalue weighted by atomic mass is 10.3. The summed E-state index contributed by atoms with van der Waals surface area (Å²) >= 11 is 6.18. The number of benzene rings is 1. The van der Waals surface area contributed by atoms with E-state index >= 15 is 0 Å². The third kappa shape index (κ3) is 4.39. The molecule has 26 heavy (non-hydrogen) atoms. The van der Waals surface area contributed by atoms with E-state index in [0.717, 1.165) is 0 Å². The van der Waals surface area contributed by atoms with E-state index in [1.165, 1.54) is 25.4 Å². The smallest absolute Gasteiger partial charge is 0.318 e. The van der Waals surface area contributed by atoms with Crippen LogP contribution in [-0.4, -0.2) is 60.6 Å². The van der Waals surface area contributed by atoms with Gasteiger partial charge in [-0.25, -0.2) is 9.37 Å². The van der Waals surface area contributed by atoms with Crippen molar-refractivity contribution < 1.29 is 13.9 Å². The number of amides is 1. The zero-order chi connectivity index (χ0) is 18.5. The monoisotopic (exact) mass is 379 g/mol. The fourth-order valence-corrected chi connectivity index (χ4v) is 2.95. The van der Waals surface area contributed by atoms with Crippen LogP contribution in [0.4, 0.5) is 15.9 Å². The molecule has 3 rings (SSSR count). The SMILES string of the molecule is COc1ncc(Cl)c(N2CCN(CC(=O)Nc3ccccc3F)CC2)n1. The van der Waals surface area contributed by atoms with Crippen LogP contribution in [0.1, 0.15) is 0 Å². The van der Waals surface area contributed by atoms with Gasteiger partial charge in [-0.15, -0.1) is 0 Å². The van der Waals surface area contributed by atoms with Gasteiger partial charge in [0.2, 0.25) is 5.91 Å². The van der Waals surface area contributed by atoms with Crippen LogP contribution in [0.15, 0.2) is 30.5 Å². The largest absolute Gasteiger partial charge is 0.467 e. The summed E-state index contributed by atoms with van der Waals surface area (Å²) in [7, 11) is 1.50. The van der Waals surface area contributed by atoms with Crippen LogP contribution in [0.5, 0.6) is 6.01 Å². The Kier molecular flexibility index (Phi) is 5.85. The second-order valence-corrected chi connectivity index (χ2v) is 6.23. The molecule has 0 unspecified atom stereocenters. The highest BCUT2D eigenvalue weighted by Crippen LogP contribution is 2.25. The number of carbonyl (C=O) groups excluding carboxylic acids is 1. The summed E-state index contributed by atoms with van der Waals surface area (Å²) in [6.45, 7) is 2.84. The molecule has 1 amide bonds. The van der Waals surface area contributed by atoms with Crippen molar-refractivity contribution in [3.8, 4) is 6.01 Å². The Labute approximate surface area is 155 Å². The van der Waals surface area contributed by atoms with Gasteiger partial charge in [0.25, 0.3) is 0 Å². The zero-order valence-electron chi connectivity index (χ0n) is 14.3. The van der Waals surface area contributed by atoms with Gasteiger partial charge in [-0.2, -0.15) is 4.98 Å². The number of anilines is 2. The molecule has 1 aliphatic heterocycles. The van der Waals surface area contributed by atoms with E-state index in [1.54, 1.807) is 12.1 Å². The Morgan fingerprint density at radius 1 is 1.31 bits per heavy atom. The number of hydrogen-bond acceptors (Lipinski definition) is 6. The summed E-state index contributed by atoms with van der Waals surface area (Å²) in [6.07, 6.45) is 1.51. The fraction of sp³-hybridized carbons (Fsp3) is 0.353. The number of methoxy groups -OCH3 is 1. The van der Waals surface area contributed by atoms with Crippen molar-refractivity contribution in [3.63, 3.8) is 0 Å². The quantitative estimate of drug-likeness (QED) is 0.857. The highest BCUT2D eigenvalue weighted by Gasteiger charge is 2.22. The number of carbonyl (C=O) groups is 1. The Balaban J connectivity index is 1.54. The molecule has 0 radical (unpaired) electrons. The van der Waals surface area contributed by atoms with Crippen LogP contribution in [-0.2, 0) is 4.79 Å². The van der Waals surface area contributed by atoms with Crippen LogP contribution in [0.3, 0.4) is 0 Å². The van der Waals surface area contributed by atoms with Crippen LogP contribution in [0, 0.1) is 5.82 Å². The third-order valence-corrected chi connectivity index (χ3v) is 4.34. The normalized spacial score (nSPS) is 15.0. The van der Waals surface area contributed by atoms with E-state index < -0.39 is 5.82 Å². The fourth-order valence-electron chi connectivity index (χ4n) is 2.74. The van der Waals surface area contributed by atoms with Crippen molar-refractivity contribution in [1.82, 2.24) is 14.9 Å². The topological polar surface area (TPSA) is 70.6 Å². The van der Waals surface area contributed by atoms with Crippen LogP contribution >= 0.6 is 11.6 Å². The Bertz CT molecular complexity index is 783. The van der Waals surface area contributed by atoms with Gasteiger partial charge in [0.1, 0.15) is 10.8 Å². The predicted octanol–water partition coefficient (Wildman–Crippen LogP) is 2.04. The summed E-state index contributed by atoms with van der Waals surface area (Å²) in [5, 5.41) is 3.05. The molecule has 0 spiro atoms. The molecule has 1 aliphatic rings. The lowest BCUT2D eigenvalue weighted by Gasteiger charge is -2.35. The number of aromatic nitrogens is 2. The Morgan fingerprint density at radius 3 is 2.73 bits per heavy atom. The standard InChI is InChI=1S/C17H19ClFN5O2/c1-26-17-20-10-12(18)16(22-17)24-8-6-23(7-9-24)11-15(25)21-14-5-3-2-4-13(14)19/h2-5,10H,6-9,11H2,1H3,(H,21,25). The first kappa shape index (κ1) is 18.3. The summed E-state index contributed by atoms with van der Waals surface area (Å²) in [5.41, 5.74) is 0.191. The van der Waals surface area contributed by atoms with Gasteiger partial charge in [-0.3, -0.25) is 9.69 Å². The Morgan fingerprint density at radius 2 is 2.04 bits per heavy atom. The van der Waals surface area contributed by atoms with E-state index in [-0.39, 0.29) is 24.1 Å². The molecule has 0 bridgehead atoms. The lowest BCUT2D eigenvalue weighted by molar-refractivity contribution is -0.117. The summed E-state index contributed by atoms with van der Waals surface area (Å²) in [5.74, 6) is -0.0720. The molecular formula is C17H19ClFN5O2. The van der Waals surface area contributed by atoms with E-state index in [4.69, 9.17) is 16.3 Å². The minimum atomic E-state index is -0.446. The second kappa shape index (κ2) is 8.29. The molecule has 7 nitrogen and oxygen atoms in total. The predicted molar refractivity (Wildman–Crippen MR) is 97.3 cm³/mol. The van der Waals surface area contributed by atoms with Crippen molar-refractivity contribution in [2.75, 3.05) is 50.1 Å². The first-order chi connectivity index (χ1) is 12.6. The molecule has 9 heteroatoms. The summed E-state index contributed by atoms with van der Waals surface area (Å²) < 4.78 is 18.6. The van der Waals surface area contributed by atoms with E-state index in [0.29, 0.717) is 37.0 Å². The molecule has 2 heterocycles. The molecular weight excluding hydrogens is 361 g/mol. The van der Waals surface area contributed by atoms with Gasteiger partial charge in [0.05, 0.1) is 25.5 Å². The van der Waals surface area contributed by atoms with Crippen molar-refractivity contribution in [3.05, 3.63) is 41.3 Å². The van der Waals surface area contributed by atoms with Gasteiger partial charge in [0, 0.05) is 26.2 Å². The molecule has 0 atom stereocenters. The first-order valence-corrected chi connectivity index (χ1v) is 8.53. The highest BCUT2D eigenvalue weighted by atomic mass is 35.5. The average Bonchev–Trinajstić information content (AvgIpc) is 2.65. The van der Waals surface area contributed by atoms with E-state index in [9.17, 15) is 9.18 Å². The summed E-state index contributed by atoms with van der Waals surface area (Å²) in [4.78, 5) is 24.4. The lowest BCUT2D eigenvalue weighted by Crippen LogP contribution is -2.49. The number of halogens is 2. The number of ether oxygens (including phenoxy) is 1. The number of rotatable bonds is 5. The van der Waals surface area contributed by atoms with Gasteiger partial charge in [-0.1, -0.05) is 23.7 Å². The third-order valence-electron chi connectivity index (χ3n) is 4.07. The van der Waals surface area contributed by atoms with Crippen molar-refractivity contribution in [1.29, 1.82) is 0 Å².